The van der Waals surface area contributed by atoms with Crippen LogP contribution in [0.2, 0.25) is 0 Å². The lowest BCUT2D eigenvalue weighted by atomic mass is 10.2. The molecule has 0 aliphatic rings. The van der Waals surface area contributed by atoms with Gasteiger partial charge in [-0.3, -0.25) is 14.3 Å². The summed E-state index contributed by atoms with van der Waals surface area (Å²) in [5.41, 5.74) is 0.843. The van der Waals surface area contributed by atoms with Crippen LogP contribution in [-0.2, 0) is 0 Å². The highest BCUT2D eigenvalue weighted by Crippen LogP contribution is 2.26. The number of carbonyl (C=O) groups excluding carboxylic acids is 1. The summed E-state index contributed by atoms with van der Waals surface area (Å²) in [6, 6.07) is 10.0. The number of rotatable bonds is 4. The monoisotopic (exact) mass is 339 g/mol. The van der Waals surface area contributed by atoms with Gasteiger partial charge < -0.3 is 15.2 Å². The number of benzene rings is 1. The molecule has 0 atom stereocenters. The first-order valence-corrected chi connectivity index (χ1v) is 7.73. The SMILES string of the molecule is CC(C)NC(=O)c1cc(Oc2ccc3c(ccn3C(=O)O)c2)ccn1. The van der Waals surface area contributed by atoms with E-state index in [1.807, 2.05) is 13.8 Å². The Labute approximate surface area is 143 Å². The molecule has 1 amide bonds. The fourth-order valence-electron chi connectivity index (χ4n) is 2.42. The summed E-state index contributed by atoms with van der Waals surface area (Å²) in [4.78, 5) is 27.2. The number of aromatic nitrogens is 2. The predicted octanol–water partition coefficient (Wildman–Crippen LogP) is 3.49. The predicted molar refractivity (Wildman–Crippen MR) is 92.3 cm³/mol. The average Bonchev–Trinajstić information content (AvgIpc) is 2.98. The van der Waals surface area contributed by atoms with Gasteiger partial charge >= 0.3 is 6.09 Å². The van der Waals surface area contributed by atoms with Gasteiger partial charge in [-0.05, 0) is 44.2 Å². The first-order chi connectivity index (χ1) is 11.9. The summed E-state index contributed by atoms with van der Waals surface area (Å²) in [6.07, 6.45) is 1.94. The van der Waals surface area contributed by atoms with Crippen molar-refractivity contribution in [3.05, 3.63) is 54.5 Å². The average molecular weight is 339 g/mol. The Morgan fingerprint density at radius 1 is 1.16 bits per heavy atom. The lowest BCUT2D eigenvalue weighted by molar-refractivity contribution is 0.0937. The van der Waals surface area contributed by atoms with Gasteiger partial charge in [0.05, 0.1) is 5.52 Å². The van der Waals surface area contributed by atoms with Gasteiger partial charge in [0.15, 0.2) is 0 Å². The van der Waals surface area contributed by atoms with E-state index in [4.69, 9.17) is 9.84 Å². The Balaban J connectivity index is 1.84. The first-order valence-electron chi connectivity index (χ1n) is 7.73. The number of carboxylic acid groups (broad SMARTS) is 1. The minimum absolute atomic E-state index is 0.0135. The van der Waals surface area contributed by atoms with Crippen molar-refractivity contribution in [2.24, 2.45) is 0 Å². The van der Waals surface area contributed by atoms with Crippen LogP contribution in [0.3, 0.4) is 0 Å². The Hall–Kier alpha value is -3.35. The van der Waals surface area contributed by atoms with Crippen LogP contribution in [0.4, 0.5) is 4.79 Å². The first kappa shape index (κ1) is 16.5. The molecule has 1 aromatic carbocycles. The summed E-state index contributed by atoms with van der Waals surface area (Å²) < 4.78 is 6.91. The zero-order valence-electron chi connectivity index (χ0n) is 13.8. The van der Waals surface area contributed by atoms with E-state index in [0.29, 0.717) is 17.0 Å². The molecule has 2 aromatic heterocycles. The second-order valence-corrected chi connectivity index (χ2v) is 5.80. The molecule has 0 saturated heterocycles. The molecule has 0 aliphatic heterocycles. The molecule has 25 heavy (non-hydrogen) atoms. The van der Waals surface area contributed by atoms with Crippen LogP contribution in [-0.4, -0.2) is 32.7 Å². The van der Waals surface area contributed by atoms with E-state index < -0.39 is 6.09 Å². The van der Waals surface area contributed by atoms with E-state index in [1.54, 1.807) is 36.4 Å². The van der Waals surface area contributed by atoms with Crippen LogP contribution in [0.1, 0.15) is 24.3 Å². The Morgan fingerprint density at radius 2 is 1.92 bits per heavy atom. The molecule has 7 heteroatoms. The number of fused-ring (bicyclic) bond motifs is 1. The van der Waals surface area contributed by atoms with Crippen molar-refractivity contribution in [2.45, 2.75) is 19.9 Å². The standard InChI is InChI=1S/C18H17N3O4/c1-11(2)20-17(22)15-10-14(5-7-19-15)25-13-3-4-16-12(9-13)6-8-21(16)18(23)24/h3-11H,1-2H3,(H,20,22)(H,23,24). The van der Waals surface area contributed by atoms with Gasteiger partial charge in [0.1, 0.15) is 17.2 Å². The fraction of sp³-hybridized carbons (Fsp3) is 0.167. The molecule has 0 bridgehead atoms. The second-order valence-electron chi connectivity index (χ2n) is 5.80. The van der Waals surface area contributed by atoms with E-state index in [0.717, 1.165) is 9.95 Å². The van der Waals surface area contributed by atoms with E-state index in [1.165, 1.54) is 12.4 Å². The van der Waals surface area contributed by atoms with Crippen molar-refractivity contribution in [2.75, 3.05) is 0 Å². The number of hydrogen-bond acceptors (Lipinski definition) is 4. The maximum absolute atomic E-state index is 12.0. The van der Waals surface area contributed by atoms with Crippen molar-refractivity contribution in [3.63, 3.8) is 0 Å². The number of hydrogen-bond donors (Lipinski definition) is 2. The second kappa shape index (κ2) is 6.64. The smallest absolute Gasteiger partial charge is 0.415 e. The van der Waals surface area contributed by atoms with Gasteiger partial charge in [-0.15, -0.1) is 0 Å². The number of nitrogens with zero attached hydrogens (tertiary/aromatic N) is 2. The van der Waals surface area contributed by atoms with Crippen molar-refractivity contribution < 1.29 is 19.4 Å². The van der Waals surface area contributed by atoms with E-state index >= 15 is 0 Å². The van der Waals surface area contributed by atoms with Crippen LogP contribution >= 0.6 is 0 Å². The largest absolute Gasteiger partial charge is 0.464 e. The van der Waals surface area contributed by atoms with Crippen LogP contribution in [0.15, 0.2) is 48.8 Å². The zero-order chi connectivity index (χ0) is 18.0. The molecular formula is C18H17N3O4. The number of carbonyl (C=O) groups is 2. The molecule has 0 radical (unpaired) electrons. The van der Waals surface area contributed by atoms with Gasteiger partial charge in [-0.25, -0.2) is 4.79 Å². The third-order valence-corrected chi connectivity index (χ3v) is 3.49. The van der Waals surface area contributed by atoms with Gasteiger partial charge in [0.25, 0.3) is 5.91 Å². The number of nitrogens with one attached hydrogen (secondary N) is 1. The lowest BCUT2D eigenvalue weighted by Crippen LogP contribution is -2.30. The highest BCUT2D eigenvalue weighted by Gasteiger charge is 2.11. The number of ether oxygens (including phenoxy) is 1. The highest BCUT2D eigenvalue weighted by atomic mass is 16.5. The summed E-state index contributed by atoms with van der Waals surface area (Å²) >= 11 is 0. The molecule has 7 nitrogen and oxygen atoms in total. The van der Waals surface area contributed by atoms with Gasteiger partial charge in [0.2, 0.25) is 0 Å². The molecule has 0 aliphatic carbocycles. The molecule has 0 saturated carbocycles. The zero-order valence-corrected chi connectivity index (χ0v) is 13.8. The molecular weight excluding hydrogens is 322 g/mol. The topological polar surface area (TPSA) is 93.5 Å². The summed E-state index contributed by atoms with van der Waals surface area (Å²) in [5, 5.41) is 12.6. The van der Waals surface area contributed by atoms with Crippen LogP contribution < -0.4 is 10.1 Å². The summed E-state index contributed by atoms with van der Waals surface area (Å²) in [7, 11) is 0. The fourth-order valence-corrected chi connectivity index (χ4v) is 2.42. The van der Waals surface area contributed by atoms with E-state index in [9.17, 15) is 9.59 Å². The van der Waals surface area contributed by atoms with Crippen molar-refractivity contribution in [3.8, 4) is 11.5 Å². The molecule has 3 aromatic rings. The molecule has 128 valence electrons. The quantitative estimate of drug-likeness (QED) is 0.759. The number of amides is 1. The Bertz CT molecular complexity index is 946. The molecule has 2 heterocycles. The lowest BCUT2D eigenvalue weighted by Gasteiger charge is -2.10. The van der Waals surface area contributed by atoms with Gasteiger partial charge in [-0.2, -0.15) is 0 Å². The normalized spacial score (nSPS) is 10.8. The molecule has 0 unspecified atom stereocenters. The molecule has 3 rings (SSSR count). The summed E-state index contributed by atoms with van der Waals surface area (Å²) in [5.74, 6) is 0.743. The van der Waals surface area contributed by atoms with Crippen molar-refractivity contribution >= 4 is 22.9 Å². The summed E-state index contributed by atoms with van der Waals surface area (Å²) in [6.45, 7) is 3.74. The van der Waals surface area contributed by atoms with Crippen LogP contribution in [0.5, 0.6) is 11.5 Å². The minimum atomic E-state index is -1.04. The highest BCUT2D eigenvalue weighted by molar-refractivity contribution is 5.93. The third kappa shape index (κ3) is 3.60. The molecule has 2 N–H and O–H groups in total. The van der Waals surface area contributed by atoms with E-state index in [-0.39, 0.29) is 17.6 Å². The van der Waals surface area contributed by atoms with Crippen LogP contribution in [0, 0.1) is 0 Å². The van der Waals surface area contributed by atoms with Gasteiger partial charge in [-0.1, -0.05) is 0 Å². The Kier molecular flexibility index (Phi) is 4.38. The van der Waals surface area contributed by atoms with Crippen molar-refractivity contribution in [1.82, 2.24) is 14.9 Å². The van der Waals surface area contributed by atoms with Crippen LogP contribution in [0.25, 0.3) is 10.9 Å². The minimum Gasteiger partial charge on any atom is -0.464 e. The number of pyridine rings is 1. The third-order valence-electron chi connectivity index (χ3n) is 3.49. The van der Waals surface area contributed by atoms with Crippen molar-refractivity contribution in [1.29, 1.82) is 0 Å². The Morgan fingerprint density at radius 3 is 2.64 bits per heavy atom. The molecule has 0 fully saturated rings. The molecule has 0 spiro atoms. The van der Waals surface area contributed by atoms with E-state index in [2.05, 4.69) is 10.3 Å². The maximum Gasteiger partial charge on any atom is 0.415 e. The van der Waals surface area contributed by atoms with Gasteiger partial charge in [0, 0.05) is 29.9 Å². The maximum atomic E-state index is 12.0.